The van der Waals surface area contributed by atoms with Crippen LogP contribution >= 0.6 is 0 Å². The Bertz CT molecular complexity index is 519. The van der Waals surface area contributed by atoms with Crippen LogP contribution in [0.3, 0.4) is 0 Å². The van der Waals surface area contributed by atoms with Crippen molar-refractivity contribution in [1.82, 2.24) is 10.2 Å². The Kier molecular flexibility index (Phi) is 5.89. The summed E-state index contributed by atoms with van der Waals surface area (Å²) < 4.78 is 12.8. The summed E-state index contributed by atoms with van der Waals surface area (Å²) >= 11 is 0. The van der Waals surface area contributed by atoms with Gasteiger partial charge in [0, 0.05) is 13.1 Å². The summed E-state index contributed by atoms with van der Waals surface area (Å²) in [4.78, 5) is 25.1. The largest absolute Gasteiger partial charge is 0.369 e. The molecule has 2 rings (SSSR count). The van der Waals surface area contributed by atoms with E-state index in [2.05, 4.69) is 5.32 Å². The number of amides is 2. The number of rotatable bonds is 6. The van der Waals surface area contributed by atoms with Crippen LogP contribution in [0.1, 0.15) is 18.4 Å². The van der Waals surface area contributed by atoms with E-state index < -0.39 is 0 Å². The van der Waals surface area contributed by atoms with Crippen molar-refractivity contribution in [3.63, 3.8) is 0 Å². The molecule has 3 N–H and O–H groups in total. The number of primary amides is 1. The van der Waals surface area contributed by atoms with E-state index in [0.717, 1.165) is 24.9 Å². The fourth-order valence-electron chi connectivity index (χ4n) is 2.69. The minimum atomic E-state index is -0.290. The minimum Gasteiger partial charge on any atom is -0.369 e. The third-order valence-corrected chi connectivity index (χ3v) is 3.92. The number of halogens is 1. The fourth-order valence-corrected chi connectivity index (χ4v) is 2.69. The fraction of sp³-hybridized carbons (Fsp3) is 0.500. The molecule has 1 aromatic rings. The molecule has 1 aromatic carbocycles. The van der Waals surface area contributed by atoms with Gasteiger partial charge in [-0.1, -0.05) is 12.1 Å². The number of hydrogen-bond donors (Lipinski definition) is 2. The van der Waals surface area contributed by atoms with Crippen LogP contribution in [-0.2, 0) is 16.0 Å². The Morgan fingerprint density at radius 3 is 2.73 bits per heavy atom. The SMILES string of the molecule is NC(=O)[C@H]1CCCN(CC(=O)NCCc2ccc(F)cc2)C1. The average Bonchev–Trinajstić information content (AvgIpc) is 2.49. The number of carbonyl (C=O) groups excluding carboxylic acids is 2. The standard InChI is InChI=1S/C16H22FN3O2/c17-14-5-3-12(4-6-14)7-8-19-15(21)11-20-9-1-2-13(10-20)16(18)22/h3-6,13H,1-2,7-11H2,(H2,18,22)(H,19,21)/t13-/m0/s1. The van der Waals surface area contributed by atoms with Gasteiger partial charge in [0.15, 0.2) is 0 Å². The molecule has 0 saturated carbocycles. The van der Waals surface area contributed by atoms with Crippen LogP contribution in [0.25, 0.3) is 0 Å². The first-order valence-corrected chi connectivity index (χ1v) is 7.57. The molecule has 22 heavy (non-hydrogen) atoms. The van der Waals surface area contributed by atoms with Gasteiger partial charge in [0.1, 0.15) is 5.82 Å². The quantitative estimate of drug-likeness (QED) is 0.811. The second-order valence-electron chi connectivity index (χ2n) is 5.70. The van der Waals surface area contributed by atoms with Gasteiger partial charge in [0.05, 0.1) is 12.5 Å². The van der Waals surface area contributed by atoms with Crippen molar-refractivity contribution in [1.29, 1.82) is 0 Å². The number of nitrogens with zero attached hydrogens (tertiary/aromatic N) is 1. The first-order valence-electron chi connectivity index (χ1n) is 7.57. The molecular formula is C16H22FN3O2. The molecule has 0 aromatic heterocycles. The molecule has 0 radical (unpaired) electrons. The zero-order valence-electron chi connectivity index (χ0n) is 12.6. The molecule has 2 amide bonds. The zero-order chi connectivity index (χ0) is 15.9. The van der Waals surface area contributed by atoms with Gasteiger partial charge in [0.25, 0.3) is 0 Å². The van der Waals surface area contributed by atoms with Gasteiger partial charge in [-0.25, -0.2) is 4.39 Å². The highest BCUT2D eigenvalue weighted by molar-refractivity contribution is 5.79. The number of likely N-dealkylation sites (tertiary alicyclic amines) is 1. The molecule has 1 saturated heterocycles. The summed E-state index contributed by atoms with van der Waals surface area (Å²) in [5.74, 6) is -0.767. The Morgan fingerprint density at radius 2 is 2.05 bits per heavy atom. The number of nitrogens with one attached hydrogen (secondary N) is 1. The molecule has 1 fully saturated rings. The maximum atomic E-state index is 12.8. The summed E-state index contributed by atoms with van der Waals surface area (Å²) in [6.07, 6.45) is 2.35. The first kappa shape index (κ1) is 16.4. The molecule has 0 spiro atoms. The van der Waals surface area contributed by atoms with E-state index in [1.807, 2.05) is 4.90 Å². The Hall–Kier alpha value is -1.95. The Morgan fingerprint density at radius 1 is 1.32 bits per heavy atom. The van der Waals surface area contributed by atoms with E-state index in [4.69, 9.17) is 5.73 Å². The molecule has 0 unspecified atom stereocenters. The highest BCUT2D eigenvalue weighted by Gasteiger charge is 2.24. The second kappa shape index (κ2) is 7.89. The monoisotopic (exact) mass is 307 g/mol. The van der Waals surface area contributed by atoms with Crippen LogP contribution in [0.4, 0.5) is 4.39 Å². The number of nitrogens with two attached hydrogens (primary N) is 1. The molecule has 0 bridgehead atoms. The molecule has 0 aliphatic carbocycles. The highest BCUT2D eigenvalue weighted by atomic mass is 19.1. The molecule has 5 nitrogen and oxygen atoms in total. The third kappa shape index (κ3) is 5.11. The van der Waals surface area contributed by atoms with E-state index in [0.29, 0.717) is 19.5 Å². The van der Waals surface area contributed by atoms with Crippen molar-refractivity contribution in [2.45, 2.75) is 19.3 Å². The number of carbonyl (C=O) groups is 2. The van der Waals surface area contributed by atoms with Gasteiger partial charge >= 0.3 is 0 Å². The smallest absolute Gasteiger partial charge is 0.234 e. The highest BCUT2D eigenvalue weighted by Crippen LogP contribution is 2.15. The summed E-state index contributed by atoms with van der Waals surface area (Å²) in [5, 5.41) is 2.85. The zero-order valence-corrected chi connectivity index (χ0v) is 12.6. The van der Waals surface area contributed by atoms with Crippen molar-refractivity contribution in [2.75, 3.05) is 26.2 Å². The molecule has 1 heterocycles. The van der Waals surface area contributed by atoms with E-state index >= 15 is 0 Å². The lowest BCUT2D eigenvalue weighted by Crippen LogP contribution is -2.45. The van der Waals surface area contributed by atoms with Gasteiger partial charge in [-0.3, -0.25) is 14.5 Å². The van der Waals surface area contributed by atoms with E-state index in [1.54, 1.807) is 12.1 Å². The maximum Gasteiger partial charge on any atom is 0.234 e. The van der Waals surface area contributed by atoms with Crippen molar-refractivity contribution >= 4 is 11.8 Å². The lowest BCUT2D eigenvalue weighted by atomic mass is 9.97. The number of hydrogen-bond acceptors (Lipinski definition) is 3. The number of benzene rings is 1. The Balaban J connectivity index is 1.69. The summed E-state index contributed by atoms with van der Waals surface area (Å²) in [5.41, 5.74) is 6.30. The van der Waals surface area contributed by atoms with Crippen molar-refractivity contribution in [2.24, 2.45) is 11.7 Å². The van der Waals surface area contributed by atoms with Crippen molar-refractivity contribution in [3.05, 3.63) is 35.6 Å². The predicted molar refractivity (Wildman–Crippen MR) is 81.5 cm³/mol. The predicted octanol–water partition coefficient (Wildman–Crippen LogP) is 0.682. The van der Waals surface area contributed by atoms with Gasteiger partial charge in [0.2, 0.25) is 11.8 Å². The van der Waals surface area contributed by atoms with Gasteiger partial charge < -0.3 is 11.1 Å². The molecule has 1 aliphatic heterocycles. The van der Waals surface area contributed by atoms with Crippen molar-refractivity contribution in [3.8, 4) is 0 Å². The molecule has 6 heteroatoms. The molecule has 120 valence electrons. The van der Waals surface area contributed by atoms with Gasteiger partial charge in [-0.15, -0.1) is 0 Å². The topological polar surface area (TPSA) is 75.4 Å². The van der Waals surface area contributed by atoms with Crippen LogP contribution in [0, 0.1) is 11.7 Å². The molecule has 1 atom stereocenters. The lowest BCUT2D eigenvalue weighted by Gasteiger charge is -2.30. The van der Waals surface area contributed by atoms with Crippen LogP contribution in [0.5, 0.6) is 0 Å². The normalized spacial score (nSPS) is 18.9. The molecule has 1 aliphatic rings. The summed E-state index contributed by atoms with van der Waals surface area (Å²) in [6.45, 7) is 2.17. The summed E-state index contributed by atoms with van der Waals surface area (Å²) in [7, 11) is 0. The van der Waals surface area contributed by atoms with E-state index in [9.17, 15) is 14.0 Å². The number of piperidine rings is 1. The van der Waals surface area contributed by atoms with Crippen LogP contribution in [0.15, 0.2) is 24.3 Å². The van der Waals surface area contributed by atoms with Gasteiger partial charge in [-0.2, -0.15) is 0 Å². The third-order valence-electron chi connectivity index (χ3n) is 3.92. The maximum absolute atomic E-state index is 12.8. The van der Waals surface area contributed by atoms with Crippen LogP contribution in [-0.4, -0.2) is 42.9 Å². The first-order chi connectivity index (χ1) is 10.5. The van der Waals surface area contributed by atoms with Crippen LogP contribution < -0.4 is 11.1 Å². The van der Waals surface area contributed by atoms with E-state index in [-0.39, 0.29) is 30.1 Å². The molecular weight excluding hydrogens is 285 g/mol. The van der Waals surface area contributed by atoms with Gasteiger partial charge in [-0.05, 0) is 43.5 Å². The summed E-state index contributed by atoms with van der Waals surface area (Å²) in [6, 6.07) is 6.25. The van der Waals surface area contributed by atoms with Crippen molar-refractivity contribution < 1.29 is 14.0 Å². The van der Waals surface area contributed by atoms with E-state index in [1.165, 1.54) is 12.1 Å². The minimum absolute atomic E-state index is 0.0627. The Labute approximate surface area is 129 Å². The second-order valence-corrected chi connectivity index (χ2v) is 5.70. The van der Waals surface area contributed by atoms with Crippen LogP contribution in [0.2, 0.25) is 0 Å². The lowest BCUT2D eigenvalue weighted by molar-refractivity contribution is -0.126. The average molecular weight is 307 g/mol.